The summed E-state index contributed by atoms with van der Waals surface area (Å²) in [6.45, 7) is 0.264. The van der Waals surface area contributed by atoms with Gasteiger partial charge in [0, 0.05) is 10.7 Å². The number of aromatic hydroxyl groups is 1. The van der Waals surface area contributed by atoms with Crippen LogP contribution < -0.4 is 5.56 Å². The third-order valence-corrected chi connectivity index (χ3v) is 4.07. The molecular weight excluding hydrogens is 394 g/mol. The minimum atomic E-state index is -0.506. The predicted octanol–water partition coefficient (Wildman–Crippen LogP) is 3.58. The molecule has 0 aliphatic heterocycles. The average molecular weight is 406 g/mol. The van der Waals surface area contributed by atoms with Crippen LogP contribution in [0.25, 0.3) is 5.69 Å². The number of H-pyrrole nitrogens is 1. The van der Waals surface area contributed by atoms with E-state index in [0.717, 1.165) is 4.47 Å². The monoisotopic (exact) mass is 405 g/mol. The molecule has 2 aromatic heterocycles. The number of halogens is 1. The number of nitrogens with one attached hydrogen (secondary N) is 1. The summed E-state index contributed by atoms with van der Waals surface area (Å²) in [5.74, 6) is 0.386. The van der Waals surface area contributed by atoms with Crippen LogP contribution in [0.2, 0.25) is 0 Å². The highest BCUT2D eigenvalue weighted by atomic mass is 79.9. The molecule has 2 N–H and O–H groups in total. The molecule has 1 aromatic carbocycles. The Morgan fingerprint density at radius 3 is 2.75 bits per heavy atom. The van der Waals surface area contributed by atoms with Crippen molar-refractivity contribution in [2.24, 2.45) is 4.99 Å². The zero-order valence-electron chi connectivity index (χ0n) is 12.3. The normalized spacial score (nSPS) is 11.2. The first kappa shape index (κ1) is 16.4. The maximum Gasteiger partial charge on any atom is 0.264 e. The molecule has 0 unspecified atom stereocenters. The van der Waals surface area contributed by atoms with Crippen molar-refractivity contribution in [3.8, 4) is 11.6 Å². The van der Waals surface area contributed by atoms with E-state index in [-0.39, 0.29) is 22.8 Å². The molecule has 0 atom stereocenters. The minimum Gasteiger partial charge on any atom is -0.494 e. The van der Waals surface area contributed by atoms with Crippen LogP contribution in [0.5, 0.6) is 5.88 Å². The van der Waals surface area contributed by atoms with E-state index in [1.807, 2.05) is 12.1 Å². The molecular formula is C16H12BrN3O3S. The summed E-state index contributed by atoms with van der Waals surface area (Å²) in [4.78, 5) is 18.7. The predicted molar refractivity (Wildman–Crippen MR) is 96.6 cm³/mol. The highest BCUT2D eigenvalue weighted by Gasteiger charge is 2.12. The molecule has 0 saturated heterocycles. The second-order valence-corrected chi connectivity index (χ2v) is 6.16. The standard InChI is InChI=1S/C16H12BrN3O3S/c17-10-3-5-11(6-4-10)20-15(22)13(14(21)19-16(20)24)9-18-8-12-2-1-7-23-12/h1-7,9,22H,8H2,(H,19,21,24). The van der Waals surface area contributed by atoms with Crippen LogP contribution in [0.15, 0.2) is 61.3 Å². The lowest BCUT2D eigenvalue weighted by Gasteiger charge is -2.11. The first-order valence-corrected chi connectivity index (χ1v) is 8.13. The van der Waals surface area contributed by atoms with E-state index < -0.39 is 5.56 Å². The van der Waals surface area contributed by atoms with E-state index in [1.54, 1.807) is 30.5 Å². The van der Waals surface area contributed by atoms with Crippen LogP contribution in [0.1, 0.15) is 11.3 Å². The summed E-state index contributed by atoms with van der Waals surface area (Å²) >= 11 is 8.50. The van der Waals surface area contributed by atoms with Gasteiger partial charge in [0.25, 0.3) is 5.56 Å². The largest absolute Gasteiger partial charge is 0.494 e. The summed E-state index contributed by atoms with van der Waals surface area (Å²) in [6, 6.07) is 10.7. The fraction of sp³-hybridized carbons (Fsp3) is 0.0625. The summed E-state index contributed by atoms with van der Waals surface area (Å²) in [7, 11) is 0. The Hall–Kier alpha value is -2.45. The lowest BCUT2D eigenvalue weighted by Crippen LogP contribution is -2.18. The van der Waals surface area contributed by atoms with Gasteiger partial charge in [-0.15, -0.1) is 0 Å². The Bertz CT molecular complexity index is 989. The summed E-state index contributed by atoms with van der Waals surface area (Å²) in [5, 5.41) is 10.5. The van der Waals surface area contributed by atoms with E-state index in [0.29, 0.717) is 11.4 Å². The number of hydrogen-bond donors (Lipinski definition) is 2. The van der Waals surface area contributed by atoms with Gasteiger partial charge in [-0.25, -0.2) is 0 Å². The second kappa shape index (κ2) is 6.98. The van der Waals surface area contributed by atoms with Crippen LogP contribution >= 0.6 is 28.1 Å². The number of hydrogen-bond acceptors (Lipinski definition) is 5. The molecule has 0 bridgehead atoms. The summed E-state index contributed by atoms with van der Waals surface area (Å²) < 4.78 is 7.53. The Morgan fingerprint density at radius 2 is 2.08 bits per heavy atom. The number of aliphatic imine (C=N–C) groups is 1. The number of furan rings is 1. The first-order chi connectivity index (χ1) is 11.6. The molecule has 0 spiro atoms. The van der Waals surface area contributed by atoms with E-state index in [2.05, 4.69) is 25.9 Å². The third kappa shape index (κ3) is 3.39. The smallest absolute Gasteiger partial charge is 0.264 e. The van der Waals surface area contributed by atoms with E-state index >= 15 is 0 Å². The third-order valence-electron chi connectivity index (χ3n) is 3.25. The molecule has 24 heavy (non-hydrogen) atoms. The molecule has 0 aliphatic rings. The van der Waals surface area contributed by atoms with Crippen molar-refractivity contribution < 1.29 is 9.52 Å². The van der Waals surface area contributed by atoms with Crippen molar-refractivity contribution in [3.05, 3.63) is 73.6 Å². The Labute approximate surface area is 150 Å². The molecule has 0 amide bonds. The fourth-order valence-corrected chi connectivity index (χ4v) is 2.66. The van der Waals surface area contributed by atoms with Gasteiger partial charge in [-0.2, -0.15) is 0 Å². The Balaban J connectivity index is 2.02. The van der Waals surface area contributed by atoms with Crippen molar-refractivity contribution in [1.29, 1.82) is 0 Å². The SMILES string of the molecule is O=c1[nH]c(=S)n(-c2ccc(Br)cc2)c(O)c1C=NCc1ccco1. The molecule has 8 heteroatoms. The topological polar surface area (TPSA) is 83.5 Å². The lowest BCUT2D eigenvalue weighted by molar-refractivity contribution is 0.432. The molecule has 0 saturated carbocycles. The van der Waals surface area contributed by atoms with Crippen molar-refractivity contribution >= 4 is 34.4 Å². The van der Waals surface area contributed by atoms with Crippen LogP contribution in [0.3, 0.4) is 0 Å². The molecule has 122 valence electrons. The van der Waals surface area contributed by atoms with Crippen LogP contribution in [-0.2, 0) is 6.54 Å². The van der Waals surface area contributed by atoms with Gasteiger partial charge in [0.15, 0.2) is 4.77 Å². The molecule has 0 aliphatic carbocycles. The second-order valence-electron chi connectivity index (χ2n) is 4.86. The zero-order chi connectivity index (χ0) is 17.1. The average Bonchev–Trinajstić information content (AvgIpc) is 3.05. The van der Waals surface area contributed by atoms with Gasteiger partial charge in [-0.05, 0) is 48.6 Å². The minimum absolute atomic E-state index is 0.0260. The van der Waals surface area contributed by atoms with Gasteiger partial charge in [0.2, 0.25) is 5.88 Å². The summed E-state index contributed by atoms with van der Waals surface area (Å²) in [5.41, 5.74) is 0.143. The fourth-order valence-electron chi connectivity index (χ4n) is 2.11. The quantitative estimate of drug-likeness (QED) is 0.513. The maximum absolute atomic E-state index is 12.1. The zero-order valence-corrected chi connectivity index (χ0v) is 14.7. The highest BCUT2D eigenvalue weighted by molar-refractivity contribution is 9.10. The maximum atomic E-state index is 12.1. The van der Waals surface area contributed by atoms with E-state index in [4.69, 9.17) is 16.6 Å². The van der Waals surface area contributed by atoms with Gasteiger partial charge in [-0.3, -0.25) is 19.3 Å². The molecule has 0 fully saturated rings. The molecule has 2 heterocycles. The van der Waals surface area contributed by atoms with Gasteiger partial charge >= 0.3 is 0 Å². The first-order valence-electron chi connectivity index (χ1n) is 6.92. The Kier molecular flexibility index (Phi) is 4.77. The van der Waals surface area contributed by atoms with Crippen LogP contribution in [-0.4, -0.2) is 20.9 Å². The molecule has 3 rings (SSSR count). The van der Waals surface area contributed by atoms with Crippen molar-refractivity contribution in [2.75, 3.05) is 0 Å². The van der Waals surface area contributed by atoms with Crippen molar-refractivity contribution in [2.45, 2.75) is 6.54 Å². The van der Waals surface area contributed by atoms with Crippen molar-refractivity contribution in [3.63, 3.8) is 0 Å². The number of nitrogens with zero attached hydrogens (tertiary/aromatic N) is 2. The number of aromatic amines is 1. The van der Waals surface area contributed by atoms with E-state index in [1.165, 1.54) is 10.8 Å². The summed E-state index contributed by atoms with van der Waals surface area (Å²) in [6.07, 6.45) is 2.85. The molecule has 6 nitrogen and oxygen atoms in total. The van der Waals surface area contributed by atoms with Crippen molar-refractivity contribution in [1.82, 2.24) is 9.55 Å². The number of aromatic nitrogens is 2. The van der Waals surface area contributed by atoms with Gasteiger partial charge in [-0.1, -0.05) is 15.9 Å². The van der Waals surface area contributed by atoms with Gasteiger partial charge in [0.05, 0.1) is 18.5 Å². The highest BCUT2D eigenvalue weighted by Crippen LogP contribution is 2.20. The van der Waals surface area contributed by atoms with E-state index in [9.17, 15) is 9.90 Å². The molecule has 0 radical (unpaired) electrons. The lowest BCUT2D eigenvalue weighted by atomic mass is 10.3. The van der Waals surface area contributed by atoms with Gasteiger partial charge in [0.1, 0.15) is 11.3 Å². The van der Waals surface area contributed by atoms with Crippen LogP contribution in [0.4, 0.5) is 0 Å². The number of benzene rings is 1. The molecule has 3 aromatic rings. The number of rotatable bonds is 4. The van der Waals surface area contributed by atoms with Crippen LogP contribution in [0, 0.1) is 4.77 Å². The Morgan fingerprint density at radius 1 is 1.33 bits per heavy atom. The van der Waals surface area contributed by atoms with Gasteiger partial charge < -0.3 is 9.52 Å².